The molecule has 1 atom stereocenters. The van der Waals surface area contributed by atoms with Crippen molar-refractivity contribution in [3.63, 3.8) is 0 Å². The van der Waals surface area contributed by atoms with Crippen molar-refractivity contribution in [1.82, 2.24) is 10.6 Å². The van der Waals surface area contributed by atoms with Gasteiger partial charge in [0, 0.05) is 18.0 Å². The largest absolute Gasteiger partial charge is 0.348 e. The third kappa shape index (κ3) is 6.24. The summed E-state index contributed by atoms with van der Waals surface area (Å²) in [5.41, 5.74) is 1.29. The Labute approximate surface area is 185 Å². The van der Waals surface area contributed by atoms with E-state index in [4.69, 9.17) is 0 Å². The van der Waals surface area contributed by atoms with Crippen molar-refractivity contribution in [1.29, 1.82) is 0 Å². The van der Waals surface area contributed by atoms with Crippen LogP contribution in [0.2, 0.25) is 0 Å². The first-order valence-electron chi connectivity index (χ1n) is 10.1. The molecule has 3 rings (SSSR count). The zero-order valence-corrected chi connectivity index (χ0v) is 18.6. The lowest BCUT2D eigenvalue weighted by atomic mass is 9.97. The van der Waals surface area contributed by atoms with Crippen molar-refractivity contribution in [2.45, 2.75) is 42.2 Å². The highest BCUT2D eigenvalue weighted by molar-refractivity contribution is 7.91. The lowest BCUT2D eigenvalue weighted by Crippen LogP contribution is -2.42. The van der Waals surface area contributed by atoms with E-state index in [9.17, 15) is 22.4 Å². The van der Waals surface area contributed by atoms with Gasteiger partial charge < -0.3 is 10.6 Å². The average Bonchev–Trinajstić information content (AvgIpc) is 3.29. The van der Waals surface area contributed by atoms with Gasteiger partial charge in [-0.1, -0.05) is 17.7 Å². The van der Waals surface area contributed by atoms with Crippen molar-refractivity contribution >= 4 is 33.0 Å². The summed E-state index contributed by atoms with van der Waals surface area (Å²) >= 11 is 1.23. The highest BCUT2D eigenvalue weighted by Gasteiger charge is 2.31. The van der Waals surface area contributed by atoms with E-state index in [1.807, 2.05) is 0 Å². The van der Waals surface area contributed by atoms with Gasteiger partial charge in [-0.3, -0.25) is 9.59 Å². The van der Waals surface area contributed by atoms with Crippen molar-refractivity contribution in [2.75, 3.05) is 13.1 Å². The second kappa shape index (κ2) is 10.7. The Bertz CT molecular complexity index is 1030. The third-order valence-electron chi connectivity index (χ3n) is 5.15. The Morgan fingerprint density at radius 3 is 2.45 bits per heavy atom. The SMILES string of the molecule is O=C(NCCC1=CCCCC1)C(=O)NC[C@H](c1cccs1)S(=O)(=O)c1ccc(F)cc1. The lowest BCUT2D eigenvalue weighted by molar-refractivity contribution is -0.139. The molecule has 0 radical (unpaired) electrons. The molecule has 0 fully saturated rings. The van der Waals surface area contributed by atoms with E-state index >= 15 is 0 Å². The Morgan fingerprint density at radius 2 is 1.81 bits per heavy atom. The fourth-order valence-electron chi connectivity index (χ4n) is 3.44. The van der Waals surface area contributed by atoms with Crippen LogP contribution in [0.1, 0.15) is 42.2 Å². The topological polar surface area (TPSA) is 92.3 Å². The molecule has 0 saturated carbocycles. The van der Waals surface area contributed by atoms with E-state index in [-0.39, 0.29) is 11.4 Å². The van der Waals surface area contributed by atoms with Gasteiger partial charge in [0.15, 0.2) is 9.84 Å². The summed E-state index contributed by atoms with van der Waals surface area (Å²) in [6.45, 7) is 0.0952. The number of benzene rings is 1. The molecule has 2 N–H and O–H groups in total. The quantitative estimate of drug-likeness (QED) is 0.355. The van der Waals surface area contributed by atoms with Gasteiger partial charge >= 0.3 is 11.8 Å². The molecular formula is C22H25FN2O4S2. The van der Waals surface area contributed by atoms with Crippen LogP contribution in [0.5, 0.6) is 0 Å². The Balaban J connectivity index is 1.61. The Morgan fingerprint density at radius 1 is 1.06 bits per heavy atom. The monoisotopic (exact) mass is 464 g/mol. The summed E-state index contributed by atoms with van der Waals surface area (Å²) in [4.78, 5) is 24.8. The molecule has 0 spiro atoms. The summed E-state index contributed by atoms with van der Waals surface area (Å²) in [6, 6.07) is 7.90. The minimum absolute atomic E-state index is 0.0493. The van der Waals surface area contributed by atoms with Crippen LogP contribution in [0, 0.1) is 5.82 Å². The highest BCUT2D eigenvalue weighted by Crippen LogP contribution is 2.31. The summed E-state index contributed by atoms with van der Waals surface area (Å²) in [6.07, 6.45) is 7.29. The third-order valence-corrected chi connectivity index (χ3v) is 8.38. The number of rotatable bonds is 8. The zero-order chi connectivity index (χ0) is 22.3. The lowest BCUT2D eigenvalue weighted by Gasteiger charge is -2.17. The van der Waals surface area contributed by atoms with Crippen LogP contribution in [-0.2, 0) is 19.4 Å². The number of amides is 2. The number of halogens is 1. The van der Waals surface area contributed by atoms with E-state index in [0.717, 1.165) is 31.4 Å². The van der Waals surface area contributed by atoms with E-state index in [1.54, 1.807) is 17.5 Å². The molecule has 0 bridgehead atoms. The first kappa shape index (κ1) is 23.1. The Hall–Kier alpha value is -2.52. The van der Waals surface area contributed by atoms with E-state index in [2.05, 4.69) is 16.7 Å². The van der Waals surface area contributed by atoms with Gasteiger partial charge in [0.05, 0.1) is 4.90 Å². The van der Waals surface area contributed by atoms with E-state index in [1.165, 1.54) is 35.5 Å². The van der Waals surface area contributed by atoms with Gasteiger partial charge in [0.25, 0.3) is 0 Å². The molecule has 1 aliphatic carbocycles. The van der Waals surface area contributed by atoms with Crippen LogP contribution < -0.4 is 10.6 Å². The molecule has 31 heavy (non-hydrogen) atoms. The molecule has 1 aromatic heterocycles. The van der Waals surface area contributed by atoms with Gasteiger partial charge in [-0.2, -0.15) is 0 Å². The number of hydrogen-bond acceptors (Lipinski definition) is 5. The molecule has 0 aliphatic heterocycles. The summed E-state index contributed by atoms with van der Waals surface area (Å²) in [7, 11) is -3.90. The van der Waals surface area contributed by atoms with Crippen LogP contribution in [0.15, 0.2) is 58.3 Å². The number of sulfone groups is 1. The van der Waals surface area contributed by atoms with Crippen molar-refractivity contribution in [3.8, 4) is 0 Å². The average molecular weight is 465 g/mol. The van der Waals surface area contributed by atoms with Gasteiger partial charge in [0.1, 0.15) is 11.1 Å². The predicted octanol–water partition coefficient (Wildman–Crippen LogP) is 3.53. The van der Waals surface area contributed by atoms with Crippen LogP contribution in [0.4, 0.5) is 4.39 Å². The molecule has 0 unspecified atom stereocenters. The second-order valence-corrected chi connectivity index (χ2v) is 10.4. The maximum absolute atomic E-state index is 13.2. The van der Waals surface area contributed by atoms with Gasteiger partial charge in [0.2, 0.25) is 0 Å². The molecule has 2 amide bonds. The fraction of sp³-hybridized carbons (Fsp3) is 0.364. The molecular weight excluding hydrogens is 439 g/mol. The first-order valence-corrected chi connectivity index (χ1v) is 12.6. The molecule has 2 aromatic rings. The van der Waals surface area contributed by atoms with Gasteiger partial charge in [-0.15, -0.1) is 11.3 Å². The van der Waals surface area contributed by atoms with Crippen LogP contribution in [0.25, 0.3) is 0 Å². The molecule has 6 nitrogen and oxygen atoms in total. The standard InChI is InChI=1S/C22H25FN2O4S2/c23-17-8-10-18(11-9-17)31(28,29)20(19-7-4-14-30-19)15-25-22(27)21(26)24-13-12-16-5-2-1-3-6-16/h4-5,7-11,14,20H,1-3,6,12-13,15H2,(H,24,26)(H,25,27)/t20-/m1/s1. The first-order chi connectivity index (χ1) is 14.9. The second-order valence-electron chi connectivity index (χ2n) is 7.33. The number of carbonyl (C=O) groups is 2. The normalized spacial score (nSPS) is 15.1. The minimum Gasteiger partial charge on any atom is -0.348 e. The van der Waals surface area contributed by atoms with Crippen LogP contribution in [-0.4, -0.2) is 33.3 Å². The van der Waals surface area contributed by atoms with Crippen molar-refractivity contribution < 1.29 is 22.4 Å². The van der Waals surface area contributed by atoms with Crippen molar-refractivity contribution in [3.05, 3.63) is 64.1 Å². The predicted molar refractivity (Wildman–Crippen MR) is 118 cm³/mol. The van der Waals surface area contributed by atoms with Crippen LogP contribution in [0.3, 0.4) is 0 Å². The summed E-state index contributed by atoms with van der Waals surface area (Å²) < 4.78 is 39.4. The molecule has 1 heterocycles. The summed E-state index contributed by atoms with van der Waals surface area (Å²) in [5, 5.41) is 5.67. The minimum atomic E-state index is -3.90. The molecule has 166 valence electrons. The van der Waals surface area contributed by atoms with E-state index < -0.39 is 32.7 Å². The van der Waals surface area contributed by atoms with E-state index in [0.29, 0.717) is 17.8 Å². The maximum Gasteiger partial charge on any atom is 0.309 e. The Kier molecular flexibility index (Phi) is 7.97. The fourth-order valence-corrected chi connectivity index (χ4v) is 6.22. The smallest absolute Gasteiger partial charge is 0.309 e. The number of hydrogen-bond donors (Lipinski definition) is 2. The van der Waals surface area contributed by atoms with Crippen LogP contribution >= 0.6 is 11.3 Å². The number of allylic oxidation sites excluding steroid dienone is 1. The highest BCUT2D eigenvalue weighted by atomic mass is 32.2. The maximum atomic E-state index is 13.2. The van der Waals surface area contributed by atoms with Crippen molar-refractivity contribution in [2.24, 2.45) is 0 Å². The number of thiophene rings is 1. The molecule has 9 heteroatoms. The van der Waals surface area contributed by atoms with Gasteiger partial charge in [-0.05, 0) is 67.8 Å². The number of nitrogens with one attached hydrogen (secondary N) is 2. The number of carbonyl (C=O) groups excluding carboxylic acids is 2. The molecule has 1 aliphatic rings. The zero-order valence-electron chi connectivity index (χ0n) is 17.0. The van der Waals surface area contributed by atoms with Gasteiger partial charge in [-0.25, -0.2) is 12.8 Å². The molecule has 1 aromatic carbocycles. The summed E-state index contributed by atoms with van der Waals surface area (Å²) in [5.74, 6) is -2.21. The molecule has 0 saturated heterocycles.